The molecule has 2 amide bonds. The lowest BCUT2D eigenvalue weighted by Gasteiger charge is -2.11. The third-order valence-corrected chi connectivity index (χ3v) is 5.09. The third kappa shape index (κ3) is 5.67. The number of carbonyl (C=O) groups excluding carboxylic acids is 2. The maximum absolute atomic E-state index is 12.6. The number of fused-ring (bicyclic) bond motifs is 1. The van der Waals surface area contributed by atoms with Gasteiger partial charge in [0, 0.05) is 29.0 Å². The number of rotatable bonds is 8. The summed E-state index contributed by atoms with van der Waals surface area (Å²) >= 11 is 3.39. The fourth-order valence-electron chi connectivity index (χ4n) is 3.03. The van der Waals surface area contributed by atoms with Gasteiger partial charge in [-0.05, 0) is 42.8 Å². The van der Waals surface area contributed by atoms with Crippen LogP contribution in [0.5, 0.6) is 0 Å². The highest BCUT2D eigenvalue weighted by atomic mass is 79.9. The van der Waals surface area contributed by atoms with E-state index in [0.717, 1.165) is 33.4 Å². The first kappa shape index (κ1) is 21.0. The van der Waals surface area contributed by atoms with Crippen LogP contribution in [-0.4, -0.2) is 27.9 Å². The lowest BCUT2D eigenvalue weighted by Crippen LogP contribution is -2.29. The Morgan fingerprint density at radius 1 is 1.10 bits per heavy atom. The van der Waals surface area contributed by atoms with Gasteiger partial charge in [0.25, 0.3) is 0 Å². The Morgan fingerprint density at radius 2 is 1.83 bits per heavy atom. The van der Waals surface area contributed by atoms with Crippen LogP contribution in [0.3, 0.4) is 0 Å². The molecular weight excluding hydrogens is 432 g/mol. The Morgan fingerprint density at radius 3 is 2.55 bits per heavy atom. The van der Waals surface area contributed by atoms with Crippen LogP contribution in [0.15, 0.2) is 53.0 Å². The zero-order valence-electron chi connectivity index (χ0n) is 16.6. The zero-order valence-corrected chi connectivity index (χ0v) is 18.2. The molecule has 3 rings (SSSR count). The van der Waals surface area contributed by atoms with E-state index in [1.54, 1.807) is 0 Å². The van der Waals surface area contributed by atoms with Crippen LogP contribution in [0.25, 0.3) is 11.0 Å². The second-order valence-electron chi connectivity index (χ2n) is 7.21. The lowest BCUT2D eigenvalue weighted by molar-refractivity contribution is -0.124. The van der Waals surface area contributed by atoms with Crippen molar-refractivity contribution in [2.75, 3.05) is 11.9 Å². The molecule has 2 aromatic carbocycles. The Hall–Kier alpha value is -2.67. The molecule has 0 unspecified atom stereocenters. The summed E-state index contributed by atoms with van der Waals surface area (Å²) < 4.78 is 2.91. The lowest BCUT2D eigenvalue weighted by atomic mass is 10.2. The summed E-state index contributed by atoms with van der Waals surface area (Å²) in [4.78, 5) is 29.0. The topological polar surface area (TPSA) is 76.0 Å². The predicted octanol–water partition coefficient (Wildman–Crippen LogP) is 4.14. The average molecular weight is 457 g/mol. The van der Waals surface area contributed by atoms with Crippen molar-refractivity contribution < 1.29 is 9.59 Å². The van der Waals surface area contributed by atoms with Crippen LogP contribution < -0.4 is 10.6 Å². The van der Waals surface area contributed by atoms with Crippen LogP contribution in [-0.2, 0) is 22.6 Å². The highest BCUT2D eigenvalue weighted by molar-refractivity contribution is 9.10. The molecule has 0 radical (unpaired) electrons. The van der Waals surface area contributed by atoms with Gasteiger partial charge in [-0.2, -0.15) is 0 Å². The zero-order chi connectivity index (χ0) is 20.8. The molecule has 0 atom stereocenters. The van der Waals surface area contributed by atoms with Crippen LogP contribution in [0.1, 0.15) is 26.1 Å². The maximum atomic E-state index is 12.6. The number of hydrogen-bond acceptors (Lipinski definition) is 3. The summed E-state index contributed by atoms with van der Waals surface area (Å²) in [6.45, 7) is 4.52. The van der Waals surface area contributed by atoms with Gasteiger partial charge in [0.2, 0.25) is 11.8 Å². The molecule has 0 aliphatic heterocycles. The Kier molecular flexibility index (Phi) is 7.04. The number of halogens is 1. The van der Waals surface area contributed by atoms with E-state index in [1.807, 2.05) is 66.9 Å². The molecule has 1 aromatic heterocycles. The van der Waals surface area contributed by atoms with E-state index in [-0.39, 0.29) is 24.3 Å². The highest BCUT2D eigenvalue weighted by Gasteiger charge is 2.14. The number of anilines is 1. The van der Waals surface area contributed by atoms with Crippen molar-refractivity contribution in [3.05, 3.63) is 58.8 Å². The van der Waals surface area contributed by atoms with Gasteiger partial charge in [-0.15, -0.1) is 0 Å². The molecule has 29 heavy (non-hydrogen) atoms. The molecule has 0 saturated heterocycles. The number of hydrogen-bond donors (Lipinski definition) is 2. The Balaban J connectivity index is 1.70. The molecule has 1 heterocycles. The standard InChI is InChI=1S/C22H25BrN4O2/c1-15(2)22(29)24-13-5-8-20-26-18-6-3-4-7-19(18)27(20)14-21(28)25-17-11-9-16(23)10-12-17/h3-4,6-7,9-12,15H,5,8,13-14H2,1-2H3,(H,24,29)(H,25,28). The number of aromatic nitrogens is 2. The van der Waals surface area contributed by atoms with Gasteiger partial charge >= 0.3 is 0 Å². The first-order chi connectivity index (χ1) is 13.9. The summed E-state index contributed by atoms with van der Waals surface area (Å²) in [7, 11) is 0. The average Bonchev–Trinajstić information content (AvgIpc) is 3.04. The molecule has 0 spiro atoms. The number of imidazole rings is 1. The maximum Gasteiger partial charge on any atom is 0.244 e. The summed E-state index contributed by atoms with van der Waals surface area (Å²) in [5.41, 5.74) is 2.55. The molecule has 0 aliphatic rings. The van der Waals surface area contributed by atoms with Crippen molar-refractivity contribution in [2.45, 2.75) is 33.2 Å². The van der Waals surface area contributed by atoms with Gasteiger partial charge in [-0.25, -0.2) is 4.98 Å². The number of para-hydroxylation sites is 2. The minimum Gasteiger partial charge on any atom is -0.356 e. The summed E-state index contributed by atoms with van der Waals surface area (Å²) in [5, 5.41) is 5.85. The van der Waals surface area contributed by atoms with Crippen molar-refractivity contribution in [1.29, 1.82) is 0 Å². The van der Waals surface area contributed by atoms with Gasteiger partial charge < -0.3 is 15.2 Å². The highest BCUT2D eigenvalue weighted by Crippen LogP contribution is 2.18. The van der Waals surface area contributed by atoms with Gasteiger partial charge in [-0.1, -0.05) is 41.9 Å². The quantitative estimate of drug-likeness (QED) is 0.500. The van der Waals surface area contributed by atoms with Gasteiger partial charge in [0.05, 0.1) is 11.0 Å². The minimum absolute atomic E-state index is 0.0260. The van der Waals surface area contributed by atoms with Crippen molar-refractivity contribution in [1.82, 2.24) is 14.9 Å². The minimum atomic E-state index is -0.107. The molecular formula is C22H25BrN4O2. The van der Waals surface area contributed by atoms with E-state index in [9.17, 15) is 9.59 Å². The van der Waals surface area contributed by atoms with Crippen molar-refractivity contribution >= 4 is 44.5 Å². The first-order valence-electron chi connectivity index (χ1n) is 9.71. The molecule has 0 fully saturated rings. The summed E-state index contributed by atoms with van der Waals surface area (Å²) in [6.07, 6.45) is 1.44. The Labute approximate surface area is 178 Å². The number of nitrogens with one attached hydrogen (secondary N) is 2. The SMILES string of the molecule is CC(C)C(=O)NCCCc1nc2ccccc2n1CC(=O)Nc1ccc(Br)cc1. The largest absolute Gasteiger partial charge is 0.356 e. The van der Waals surface area contributed by atoms with E-state index in [4.69, 9.17) is 4.98 Å². The number of amides is 2. The number of carbonyl (C=O) groups is 2. The summed E-state index contributed by atoms with van der Waals surface area (Å²) in [6, 6.07) is 15.3. The first-order valence-corrected chi connectivity index (χ1v) is 10.5. The third-order valence-electron chi connectivity index (χ3n) is 4.56. The van der Waals surface area contributed by atoms with Crippen molar-refractivity contribution in [2.24, 2.45) is 5.92 Å². The van der Waals surface area contributed by atoms with Crippen molar-refractivity contribution in [3.8, 4) is 0 Å². The number of aryl methyl sites for hydroxylation is 1. The van der Waals surface area contributed by atoms with Crippen LogP contribution >= 0.6 is 15.9 Å². The van der Waals surface area contributed by atoms with E-state index in [0.29, 0.717) is 13.0 Å². The van der Waals surface area contributed by atoms with Crippen LogP contribution in [0.2, 0.25) is 0 Å². The molecule has 3 aromatic rings. The summed E-state index contributed by atoms with van der Waals surface area (Å²) in [5.74, 6) is 0.759. The van der Waals surface area contributed by atoms with Crippen LogP contribution in [0, 0.1) is 5.92 Å². The fraction of sp³-hybridized carbons (Fsp3) is 0.318. The molecule has 6 nitrogen and oxygen atoms in total. The second kappa shape index (κ2) is 9.69. The normalized spacial score (nSPS) is 11.0. The van der Waals surface area contributed by atoms with E-state index in [2.05, 4.69) is 26.6 Å². The molecule has 0 bridgehead atoms. The smallest absolute Gasteiger partial charge is 0.244 e. The predicted molar refractivity (Wildman–Crippen MR) is 119 cm³/mol. The molecule has 7 heteroatoms. The van der Waals surface area contributed by atoms with E-state index in [1.165, 1.54) is 0 Å². The fourth-order valence-corrected chi connectivity index (χ4v) is 3.30. The molecule has 0 aliphatic carbocycles. The molecule has 152 valence electrons. The van der Waals surface area contributed by atoms with Crippen LogP contribution in [0.4, 0.5) is 5.69 Å². The number of benzene rings is 2. The molecule has 2 N–H and O–H groups in total. The van der Waals surface area contributed by atoms with E-state index < -0.39 is 0 Å². The van der Waals surface area contributed by atoms with Gasteiger partial charge in [0.15, 0.2) is 0 Å². The number of nitrogens with zero attached hydrogens (tertiary/aromatic N) is 2. The Bertz CT molecular complexity index is 996. The van der Waals surface area contributed by atoms with Crippen molar-refractivity contribution in [3.63, 3.8) is 0 Å². The molecule has 0 saturated carbocycles. The van der Waals surface area contributed by atoms with Gasteiger partial charge in [0.1, 0.15) is 12.4 Å². The second-order valence-corrected chi connectivity index (χ2v) is 8.12. The van der Waals surface area contributed by atoms with E-state index >= 15 is 0 Å². The van der Waals surface area contributed by atoms with Gasteiger partial charge in [-0.3, -0.25) is 9.59 Å². The monoisotopic (exact) mass is 456 g/mol.